The largest absolute Gasteiger partial charge is 0.458 e. The van der Waals surface area contributed by atoms with Gasteiger partial charge in [-0.05, 0) is 0 Å². The highest BCUT2D eigenvalue weighted by atomic mass is 16.6. The Hall–Kier alpha value is -1.40. The van der Waals surface area contributed by atoms with Gasteiger partial charge in [0.25, 0.3) is 0 Å². The fourth-order valence-corrected chi connectivity index (χ4v) is 1.58. The molecule has 0 bridgehead atoms. The Kier molecular flexibility index (Phi) is 3.21. The Bertz CT molecular complexity index is 371. The molecule has 2 N–H and O–H groups in total. The highest BCUT2D eigenvalue weighted by molar-refractivity contribution is 5.77. The van der Waals surface area contributed by atoms with Crippen LogP contribution in [-0.2, 0) is 21.3 Å². The van der Waals surface area contributed by atoms with Gasteiger partial charge >= 0.3 is 5.97 Å². The van der Waals surface area contributed by atoms with Crippen LogP contribution in [0.15, 0.2) is 12.4 Å². The van der Waals surface area contributed by atoms with Gasteiger partial charge < -0.3 is 15.2 Å². The van der Waals surface area contributed by atoms with E-state index in [1.807, 2.05) is 0 Å². The minimum absolute atomic E-state index is 0.157. The highest BCUT2D eigenvalue weighted by Gasteiger charge is 2.25. The third-order valence-corrected chi connectivity index (χ3v) is 2.51. The molecule has 1 aromatic rings. The molecule has 0 aromatic carbocycles. The number of esters is 1. The monoisotopic (exact) mass is 225 g/mol. The number of hydrogen-bond donors (Lipinski definition) is 1. The van der Waals surface area contributed by atoms with E-state index in [0.29, 0.717) is 18.8 Å². The van der Waals surface area contributed by atoms with Crippen molar-refractivity contribution in [2.24, 2.45) is 12.8 Å². The Labute approximate surface area is 93.3 Å². The summed E-state index contributed by atoms with van der Waals surface area (Å²) >= 11 is 0. The van der Waals surface area contributed by atoms with Gasteiger partial charge in [0.2, 0.25) is 0 Å². The van der Waals surface area contributed by atoms with E-state index in [9.17, 15) is 4.79 Å². The van der Waals surface area contributed by atoms with Crippen molar-refractivity contribution in [3.63, 3.8) is 0 Å². The molecule has 1 fully saturated rings. The molecule has 0 saturated carbocycles. The van der Waals surface area contributed by atoms with Crippen LogP contribution in [0.3, 0.4) is 0 Å². The maximum atomic E-state index is 11.7. The van der Waals surface area contributed by atoms with E-state index in [4.69, 9.17) is 15.2 Å². The molecule has 0 spiro atoms. The van der Waals surface area contributed by atoms with Crippen LogP contribution in [0.1, 0.15) is 18.0 Å². The minimum Gasteiger partial charge on any atom is -0.458 e. The van der Waals surface area contributed by atoms with Gasteiger partial charge in [0, 0.05) is 25.2 Å². The normalized spacial score (nSPS) is 22.0. The predicted molar refractivity (Wildman–Crippen MR) is 55.5 cm³/mol. The van der Waals surface area contributed by atoms with Crippen LogP contribution in [0, 0.1) is 0 Å². The number of carbonyl (C=O) groups is 1. The zero-order valence-electron chi connectivity index (χ0n) is 9.13. The maximum Gasteiger partial charge on any atom is 0.328 e. The average Bonchev–Trinajstić information content (AvgIpc) is 2.88. The number of nitrogens with two attached hydrogens (primary N) is 1. The molecule has 2 rings (SSSR count). The van der Waals surface area contributed by atoms with Gasteiger partial charge in [0.15, 0.2) is 0 Å². The van der Waals surface area contributed by atoms with Crippen LogP contribution in [0.2, 0.25) is 0 Å². The molecule has 1 aliphatic rings. The Morgan fingerprint density at radius 1 is 1.81 bits per heavy atom. The van der Waals surface area contributed by atoms with Crippen molar-refractivity contribution in [3.05, 3.63) is 18.0 Å². The number of rotatable bonds is 3. The lowest BCUT2D eigenvalue weighted by molar-refractivity contribution is -0.150. The number of carbonyl (C=O) groups excluding carboxylic acids is 1. The highest BCUT2D eigenvalue weighted by Crippen LogP contribution is 2.15. The summed E-state index contributed by atoms with van der Waals surface area (Å²) in [5.74, 6) is -0.427. The summed E-state index contributed by atoms with van der Waals surface area (Å²) in [6, 6.07) is -0.769. The molecule has 1 saturated heterocycles. The second-order valence-corrected chi connectivity index (χ2v) is 3.85. The van der Waals surface area contributed by atoms with Crippen molar-refractivity contribution >= 4 is 5.97 Å². The summed E-state index contributed by atoms with van der Waals surface area (Å²) < 4.78 is 11.9. The van der Waals surface area contributed by atoms with E-state index in [0.717, 1.165) is 6.42 Å². The summed E-state index contributed by atoms with van der Waals surface area (Å²) in [6.45, 7) is 1.10. The molecule has 2 unspecified atom stereocenters. The van der Waals surface area contributed by atoms with Crippen molar-refractivity contribution in [3.8, 4) is 0 Å². The molecule has 16 heavy (non-hydrogen) atoms. The van der Waals surface area contributed by atoms with E-state index in [2.05, 4.69) is 5.10 Å². The molecular weight excluding hydrogens is 210 g/mol. The third kappa shape index (κ3) is 2.40. The molecule has 0 radical (unpaired) electrons. The van der Waals surface area contributed by atoms with E-state index in [1.165, 1.54) is 0 Å². The van der Waals surface area contributed by atoms with Crippen LogP contribution < -0.4 is 5.73 Å². The first-order valence-corrected chi connectivity index (χ1v) is 5.19. The topological polar surface area (TPSA) is 79.4 Å². The number of nitrogens with zero attached hydrogens (tertiary/aromatic N) is 2. The SMILES string of the molecule is Cn1cc(C(N)C(=O)OC2CCOC2)cn1. The first-order chi connectivity index (χ1) is 7.66. The smallest absolute Gasteiger partial charge is 0.328 e. The van der Waals surface area contributed by atoms with Gasteiger partial charge in [0.05, 0.1) is 19.4 Å². The fraction of sp³-hybridized carbons (Fsp3) is 0.600. The summed E-state index contributed by atoms with van der Waals surface area (Å²) in [5.41, 5.74) is 6.42. The minimum atomic E-state index is -0.769. The van der Waals surface area contributed by atoms with Gasteiger partial charge in [-0.15, -0.1) is 0 Å². The Morgan fingerprint density at radius 3 is 3.19 bits per heavy atom. The van der Waals surface area contributed by atoms with Crippen molar-refractivity contribution in [2.75, 3.05) is 13.2 Å². The molecule has 1 aromatic heterocycles. The molecular formula is C10H15N3O3. The number of hydrogen-bond acceptors (Lipinski definition) is 5. The zero-order valence-corrected chi connectivity index (χ0v) is 9.13. The van der Waals surface area contributed by atoms with E-state index >= 15 is 0 Å². The Morgan fingerprint density at radius 2 is 2.62 bits per heavy atom. The van der Waals surface area contributed by atoms with Crippen molar-refractivity contribution in [2.45, 2.75) is 18.6 Å². The molecule has 6 nitrogen and oxygen atoms in total. The molecule has 6 heteroatoms. The van der Waals surface area contributed by atoms with Crippen LogP contribution in [-0.4, -0.2) is 35.1 Å². The maximum absolute atomic E-state index is 11.7. The first-order valence-electron chi connectivity index (χ1n) is 5.19. The second kappa shape index (κ2) is 4.63. The van der Waals surface area contributed by atoms with Crippen LogP contribution >= 0.6 is 0 Å². The van der Waals surface area contributed by atoms with Gasteiger partial charge in [-0.2, -0.15) is 5.10 Å². The zero-order chi connectivity index (χ0) is 11.5. The van der Waals surface area contributed by atoms with Gasteiger partial charge in [-0.3, -0.25) is 4.68 Å². The lowest BCUT2D eigenvalue weighted by atomic mass is 10.2. The summed E-state index contributed by atoms with van der Waals surface area (Å²) in [4.78, 5) is 11.7. The van der Waals surface area contributed by atoms with Gasteiger partial charge in [-0.25, -0.2) is 4.79 Å². The van der Waals surface area contributed by atoms with Crippen LogP contribution in [0.5, 0.6) is 0 Å². The van der Waals surface area contributed by atoms with Gasteiger partial charge in [-0.1, -0.05) is 0 Å². The van der Waals surface area contributed by atoms with Crippen LogP contribution in [0.4, 0.5) is 0 Å². The molecule has 0 amide bonds. The number of aromatic nitrogens is 2. The van der Waals surface area contributed by atoms with Crippen molar-refractivity contribution < 1.29 is 14.3 Å². The molecule has 2 heterocycles. The van der Waals surface area contributed by atoms with E-state index in [-0.39, 0.29) is 6.10 Å². The number of ether oxygens (including phenoxy) is 2. The summed E-state index contributed by atoms with van der Waals surface area (Å²) in [5, 5.41) is 3.96. The van der Waals surface area contributed by atoms with Crippen molar-refractivity contribution in [1.82, 2.24) is 9.78 Å². The summed E-state index contributed by atoms with van der Waals surface area (Å²) in [6.07, 6.45) is 3.86. The fourth-order valence-electron chi connectivity index (χ4n) is 1.58. The van der Waals surface area contributed by atoms with E-state index in [1.54, 1.807) is 24.1 Å². The van der Waals surface area contributed by atoms with Gasteiger partial charge in [0.1, 0.15) is 12.1 Å². The quantitative estimate of drug-likeness (QED) is 0.718. The lowest BCUT2D eigenvalue weighted by Crippen LogP contribution is -2.28. The Balaban J connectivity index is 1.93. The summed E-state index contributed by atoms with van der Waals surface area (Å²) in [7, 11) is 1.77. The standard InChI is InChI=1S/C10H15N3O3/c1-13-5-7(4-12-13)9(11)10(14)16-8-2-3-15-6-8/h4-5,8-9H,2-3,6,11H2,1H3. The average molecular weight is 225 g/mol. The number of aryl methyl sites for hydroxylation is 1. The van der Waals surface area contributed by atoms with Crippen LogP contribution in [0.25, 0.3) is 0 Å². The second-order valence-electron chi connectivity index (χ2n) is 3.85. The predicted octanol–water partition coefficient (Wildman–Crippen LogP) is -0.248. The lowest BCUT2D eigenvalue weighted by Gasteiger charge is -2.13. The molecule has 1 aliphatic heterocycles. The molecule has 88 valence electrons. The van der Waals surface area contributed by atoms with E-state index < -0.39 is 12.0 Å². The molecule has 2 atom stereocenters. The first kappa shape index (κ1) is 11.1. The van der Waals surface area contributed by atoms with Crippen molar-refractivity contribution in [1.29, 1.82) is 0 Å². The molecule has 0 aliphatic carbocycles. The third-order valence-electron chi connectivity index (χ3n) is 2.51.